The van der Waals surface area contributed by atoms with Crippen LogP contribution in [0.15, 0.2) is 42.7 Å². The quantitative estimate of drug-likeness (QED) is 0.413. The highest BCUT2D eigenvalue weighted by Gasteiger charge is 2.20. The predicted molar refractivity (Wildman–Crippen MR) is 52.0 cm³/mol. The number of nitrogens with zero attached hydrogens (tertiary/aromatic N) is 1. The van der Waals surface area contributed by atoms with Crippen LogP contribution >= 0.6 is 0 Å². The van der Waals surface area contributed by atoms with Crippen molar-refractivity contribution in [3.8, 4) is 23.0 Å². The third kappa shape index (κ3) is 1.27. The standard InChI is InChI=1S/C11H7NO3/c13-12-6-5-10-11(7-12)15-9-4-2-1-3-8(9)14-10/h1-7H. The summed E-state index contributed by atoms with van der Waals surface area (Å²) < 4.78 is 11.7. The van der Waals surface area contributed by atoms with Crippen LogP contribution in [0.4, 0.5) is 0 Å². The van der Waals surface area contributed by atoms with Crippen molar-refractivity contribution >= 4 is 0 Å². The van der Waals surface area contributed by atoms with Gasteiger partial charge in [0.25, 0.3) is 0 Å². The summed E-state index contributed by atoms with van der Waals surface area (Å²) in [5, 5.41) is 11.0. The molecular weight excluding hydrogens is 194 g/mol. The van der Waals surface area contributed by atoms with Gasteiger partial charge in [0, 0.05) is 0 Å². The van der Waals surface area contributed by atoms with Gasteiger partial charge in [0.15, 0.2) is 23.4 Å². The van der Waals surface area contributed by atoms with Gasteiger partial charge in [0.1, 0.15) is 0 Å². The van der Waals surface area contributed by atoms with Crippen molar-refractivity contribution < 1.29 is 14.2 Å². The first-order chi connectivity index (χ1) is 7.33. The lowest BCUT2D eigenvalue weighted by molar-refractivity contribution is -0.605. The van der Waals surface area contributed by atoms with E-state index < -0.39 is 0 Å². The van der Waals surface area contributed by atoms with E-state index in [1.165, 1.54) is 12.4 Å². The number of fused-ring (bicyclic) bond motifs is 2. The number of benzene rings is 1. The second-order valence-electron chi connectivity index (χ2n) is 3.18. The predicted octanol–water partition coefficient (Wildman–Crippen LogP) is 2.22. The van der Waals surface area contributed by atoms with Crippen molar-refractivity contribution in [1.29, 1.82) is 0 Å². The van der Waals surface area contributed by atoms with Crippen LogP contribution in [0.3, 0.4) is 0 Å². The smallest absolute Gasteiger partial charge is 0.234 e. The summed E-state index contributed by atoms with van der Waals surface area (Å²) in [5.41, 5.74) is 0. The number of hydrogen-bond donors (Lipinski definition) is 0. The normalized spacial score (nSPS) is 12.0. The number of para-hydroxylation sites is 2. The molecule has 0 amide bonds. The van der Waals surface area contributed by atoms with Crippen LogP contribution in [0.5, 0.6) is 23.0 Å². The Morgan fingerprint density at radius 1 is 0.867 bits per heavy atom. The Labute approximate surface area is 85.9 Å². The number of rotatable bonds is 0. The number of pyridine rings is 1. The molecule has 4 nitrogen and oxygen atoms in total. The first kappa shape index (κ1) is 8.11. The molecule has 0 saturated carbocycles. The van der Waals surface area contributed by atoms with E-state index in [4.69, 9.17) is 9.47 Å². The Kier molecular flexibility index (Phi) is 1.56. The van der Waals surface area contributed by atoms with Gasteiger partial charge in [-0.2, -0.15) is 4.73 Å². The van der Waals surface area contributed by atoms with E-state index >= 15 is 0 Å². The second-order valence-corrected chi connectivity index (χ2v) is 3.18. The summed E-state index contributed by atoms with van der Waals surface area (Å²) in [4.78, 5) is 0. The average molecular weight is 201 g/mol. The summed E-state index contributed by atoms with van der Waals surface area (Å²) in [6, 6.07) is 8.90. The van der Waals surface area contributed by atoms with Crippen molar-refractivity contribution in [2.45, 2.75) is 0 Å². The van der Waals surface area contributed by atoms with E-state index in [1.807, 2.05) is 18.2 Å². The van der Waals surface area contributed by atoms with Crippen LogP contribution in [-0.2, 0) is 0 Å². The molecule has 15 heavy (non-hydrogen) atoms. The highest BCUT2D eigenvalue weighted by molar-refractivity contribution is 5.52. The van der Waals surface area contributed by atoms with Gasteiger partial charge < -0.3 is 14.7 Å². The molecule has 1 aromatic carbocycles. The zero-order chi connectivity index (χ0) is 10.3. The number of hydrogen-bond acceptors (Lipinski definition) is 3. The minimum absolute atomic E-state index is 0.436. The largest absolute Gasteiger partial charge is 0.619 e. The Morgan fingerprint density at radius 3 is 2.20 bits per heavy atom. The van der Waals surface area contributed by atoms with E-state index in [9.17, 15) is 5.21 Å². The lowest BCUT2D eigenvalue weighted by Gasteiger charge is -2.18. The SMILES string of the molecule is [O-][n+]1ccc2c(c1)Oc1ccccc1O2. The molecular formula is C11H7NO3. The second kappa shape index (κ2) is 2.88. The lowest BCUT2D eigenvalue weighted by Crippen LogP contribution is -2.24. The van der Waals surface area contributed by atoms with Crippen molar-refractivity contribution in [1.82, 2.24) is 0 Å². The van der Waals surface area contributed by atoms with E-state index in [0.717, 1.165) is 0 Å². The van der Waals surface area contributed by atoms with Gasteiger partial charge in [-0.1, -0.05) is 12.1 Å². The molecule has 4 heteroatoms. The molecule has 0 saturated heterocycles. The van der Waals surface area contributed by atoms with Crippen LogP contribution in [0.1, 0.15) is 0 Å². The van der Waals surface area contributed by atoms with Crippen molar-refractivity contribution in [2.24, 2.45) is 0 Å². The molecule has 0 bridgehead atoms. The zero-order valence-corrected chi connectivity index (χ0v) is 7.71. The number of aromatic nitrogens is 1. The fraction of sp³-hybridized carbons (Fsp3) is 0. The van der Waals surface area contributed by atoms with E-state index in [2.05, 4.69) is 0 Å². The molecule has 0 unspecified atom stereocenters. The fourth-order valence-corrected chi connectivity index (χ4v) is 1.46. The third-order valence-electron chi connectivity index (χ3n) is 2.15. The molecule has 0 fully saturated rings. The first-order valence-electron chi connectivity index (χ1n) is 4.50. The van der Waals surface area contributed by atoms with Crippen LogP contribution in [0, 0.1) is 5.21 Å². The van der Waals surface area contributed by atoms with Gasteiger partial charge in [0.05, 0.1) is 6.07 Å². The van der Waals surface area contributed by atoms with Crippen LogP contribution < -0.4 is 14.2 Å². The van der Waals surface area contributed by atoms with Crippen LogP contribution in [0.2, 0.25) is 0 Å². The Bertz CT molecular complexity index is 525. The molecule has 1 aliphatic heterocycles. The first-order valence-corrected chi connectivity index (χ1v) is 4.50. The topological polar surface area (TPSA) is 45.4 Å². The summed E-state index contributed by atoms with van der Waals surface area (Å²) in [6.45, 7) is 0. The van der Waals surface area contributed by atoms with Gasteiger partial charge >= 0.3 is 0 Å². The molecule has 74 valence electrons. The highest BCUT2D eigenvalue weighted by Crippen LogP contribution is 2.43. The van der Waals surface area contributed by atoms with Crippen LogP contribution in [-0.4, -0.2) is 0 Å². The summed E-state index contributed by atoms with van der Waals surface area (Å²) >= 11 is 0. The van der Waals surface area contributed by atoms with Gasteiger partial charge in [-0.3, -0.25) is 0 Å². The Hall–Kier alpha value is -2.23. The maximum atomic E-state index is 11.0. The Balaban J connectivity index is 2.11. The molecule has 0 radical (unpaired) electrons. The fourth-order valence-electron chi connectivity index (χ4n) is 1.46. The lowest BCUT2D eigenvalue weighted by atomic mass is 10.3. The van der Waals surface area contributed by atoms with E-state index in [-0.39, 0.29) is 0 Å². The number of ether oxygens (including phenoxy) is 2. The molecule has 0 N–H and O–H groups in total. The minimum atomic E-state index is 0.436. The summed E-state index contributed by atoms with van der Waals surface area (Å²) in [6.07, 6.45) is 2.71. The zero-order valence-electron chi connectivity index (χ0n) is 7.71. The van der Waals surface area contributed by atoms with Gasteiger partial charge in [0.2, 0.25) is 11.9 Å². The molecule has 2 heterocycles. The van der Waals surface area contributed by atoms with E-state index in [0.29, 0.717) is 27.7 Å². The maximum absolute atomic E-state index is 11.0. The van der Waals surface area contributed by atoms with Gasteiger partial charge in [-0.15, -0.1) is 0 Å². The molecule has 0 aliphatic carbocycles. The summed E-state index contributed by atoms with van der Waals surface area (Å²) in [5.74, 6) is 2.27. The third-order valence-corrected chi connectivity index (χ3v) is 2.15. The van der Waals surface area contributed by atoms with Gasteiger partial charge in [-0.05, 0) is 12.1 Å². The average Bonchev–Trinajstić information content (AvgIpc) is 2.26. The molecule has 3 rings (SSSR count). The minimum Gasteiger partial charge on any atom is -0.619 e. The van der Waals surface area contributed by atoms with Crippen molar-refractivity contribution in [3.63, 3.8) is 0 Å². The molecule has 0 atom stereocenters. The van der Waals surface area contributed by atoms with E-state index in [1.54, 1.807) is 12.1 Å². The Morgan fingerprint density at radius 2 is 1.47 bits per heavy atom. The molecule has 1 aliphatic rings. The molecule has 2 aromatic rings. The van der Waals surface area contributed by atoms with Crippen molar-refractivity contribution in [2.75, 3.05) is 0 Å². The molecule has 0 spiro atoms. The summed E-state index contributed by atoms with van der Waals surface area (Å²) in [7, 11) is 0. The monoisotopic (exact) mass is 201 g/mol. The van der Waals surface area contributed by atoms with Gasteiger partial charge in [-0.25, -0.2) is 0 Å². The molecule has 1 aromatic heterocycles. The maximum Gasteiger partial charge on any atom is 0.234 e. The highest BCUT2D eigenvalue weighted by atomic mass is 16.6. The van der Waals surface area contributed by atoms with Crippen molar-refractivity contribution in [3.05, 3.63) is 47.9 Å². The van der Waals surface area contributed by atoms with Crippen LogP contribution in [0.25, 0.3) is 0 Å².